The lowest BCUT2D eigenvalue weighted by Gasteiger charge is -2.04. The molecule has 1 rings (SSSR count). The summed E-state index contributed by atoms with van der Waals surface area (Å²) in [6.45, 7) is -0.155. The van der Waals surface area contributed by atoms with E-state index < -0.39 is 0 Å². The van der Waals surface area contributed by atoms with Gasteiger partial charge in [0.15, 0.2) is 0 Å². The molecule has 1 amide bonds. The number of aliphatic hydroxyl groups excluding tert-OH is 1. The van der Waals surface area contributed by atoms with E-state index in [1.807, 2.05) is 0 Å². The Bertz CT molecular complexity index is 352. The summed E-state index contributed by atoms with van der Waals surface area (Å²) in [6, 6.07) is 1.80. The number of hydrogen-bond donors (Lipinski definition) is 2. The van der Waals surface area contributed by atoms with E-state index >= 15 is 0 Å². The molecule has 0 aliphatic rings. The van der Waals surface area contributed by atoms with Crippen molar-refractivity contribution in [3.8, 4) is 6.07 Å². The van der Waals surface area contributed by atoms with Gasteiger partial charge in [0.05, 0.1) is 6.07 Å². The van der Waals surface area contributed by atoms with Crippen molar-refractivity contribution in [2.45, 2.75) is 13.2 Å². The van der Waals surface area contributed by atoms with Crippen molar-refractivity contribution in [3.05, 3.63) is 18.2 Å². The van der Waals surface area contributed by atoms with Crippen molar-refractivity contribution in [2.75, 3.05) is 6.54 Å². The van der Waals surface area contributed by atoms with Crippen LogP contribution in [0.25, 0.3) is 0 Å². The van der Waals surface area contributed by atoms with Gasteiger partial charge >= 0.3 is 0 Å². The summed E-state index contributed by atoms with van der Waals surface area (Å²) in [5.41, 5.74) is 0. The Balaban J connectivity index is 2.52. The maximum absolute atomic E-state index is 11.1. The molecule has 0 spiro atoms. The summed E-state index contributed by atoms with van der Waals surface area (Å²) in [7, 11) is 0. The highest BCUT2D eigenvalue weighted by atomic mass is 16.3. The number of carbonyl (C=O) groups is 1. The lowest BCUT2D eigenvalue weighted by Crippen LogP contribution is -2.28. The Morgan fingerprint density at radius 1 is 1.79 bits per heavy atom. The molecule has 0 radical (unpaired) electrons. The van der Waals surface area contributed by atoms with Gasteiger partial charge in [-0.05, 0) is 0 Å². The van der Waals surface area contributed by atoms with Crippen LogP contribution in [0.3, 0.4) is 0 Å². The molecule has 0 saturated heterocycles. The minimum absolute atomic E-state index is 0.0119. The van der Waals surface area contributed by atoms with E-state index in [1.54, 1.807) is 12.3 Å². The maximum Gasteiger partial charge on any atom is 0.240 e. The van der Waals surface area contributed by atoms with Gasteiger partial charge in [-0.15, -0.1) is 0 Å². The molecule has 0 atom stereocenters. The van der Waals surface area contributed by atoms with Gasteiger partial charge in [-0.3, -0.25) is 4.79 Å². The van der Waals surface area contributed by atoms with Crippen LogP contribution in [0, 0.1) is 11.3 Å². The number of hydrogen-bond acceptors (Lipinski definition) is 4. The van der Waals surface area contributed by atoms with Crippen LogP contribution < -0.4 is 5.32 Å². The highest BCUT2D eigenvalue weighted by Gasteiger charge is 2.05. The molecule has 0 bridgehead atoms. The molecule has 0 aliphatic heterocycles. The van der Waals surface area contributed by atoms with E-state index in [0.29, 0.717) is 5.82 Å². The van der Waals surface area contributed by atoms with Crippen molar-refractivity contribution in [2.24, 2.45) is 0 Å². The van der Waals surface area contributed by atoms with E-state index in [1.165, 1.54) is 10.8 Å². The Morgan fingerprint density at radius 2 is 2.57 bits per heavy atom. The molecule has 1 aromatic rings. The number of aliphatic hydroxyl groups is 1. The minimum atomic E-state index is -0.278. The van der Waals surface area contributed by atoms with Gasteiger partial charge in [0.1, 0.15) is 25.5 Å². The molecule has 6 nitrogen and oxygen atoms in total. The SMILES string of the molecule is N#CCNC(=O)Cn1ccnc1CO. The summed E-state index contributed by atoms with van der Waals surface area (Å²) in [6.07, 6.45) is 3.10. The molecule has 14 heavy (non-hydrogen) atoms. The Hall–Kier alpha value is -1.87. The third-order valence-electron chi connectivity index (χ3n) is 1.62. The summed E-state index contributed by atoms with van der Waals surface area (Å²) in [4.78, 5) is 15.0. The average molecular weight is 194 g/mol. The van der Waals surface area contributed by atoms with Crippen LogP contribution in [0.2, 0.25) is 0 Å². The van der Waals surface area contributed by atoms with Gasteiger partial charge < -0.3 is 15.0 Å². The molecule has 0 fully saturated rings. The van der Waals surface area contributed by atoms with E-state index in [2.05, 4.69) is 10.3 Å². The van der Waals surface area contributed by atoms with Crippen LogP contribution in [0.4, 0.5) is 0 Å². The quantitative estimate of drug-likeness (QED) is 0.602. The summed E-state index contributed by atoms with van der Waals surface area (Å²) in [5, 5.41) is 19.4. The molecule has 0 saturated carbocycles. The Labute approximate surface area is 80.8 Å². The molecular weight excluding hydrogens is 184 g/mol. The zero-order valence-corrected chi connectivity index (χ0v) is 7.47. The number of amides is 1. The Kier molecular flexibility index (Phi) is 3.64. The van der Waals surface area contributed by atoms with Crippen molar-refractivity contribution >= 4 is 5.91 Å². The maximum atomic E-state index is 11.1. The smallest absolute Gasteiger partial charge is 0.240 e. The summed E-state index contributed by atoms with van der Waals surface area (Å²) < 4.78 is 1.52. The van der Waals surface area contributed by atoms with Crippen molar-refractivity contribution in [1.29, 1.82) is 5.26 Å². The van der Waals surface area contributed by atoms with Gasteiger partial charge in [0, 0.05) is 12.4 Å². The highest BCUT2D eigenvalue weighted by molar-refractivity contribution is 5.75. The second kappa shape index (κ2) is 4.99. The predicted octanol–water partition coefficient (Wildman–Crippen LogP) is -0.985. The third kappa shape index (κ3) is 2.57. The zero-order valence-electron chi connectivity index (χ0n) is 7.47. The Morgan fingerprint density at radius 3 is 3.21 bits per heavy atom. The molecule has 74 valence electrons. The molecule has 0 aromatic carbocycles. The van der Waals surface area contributed by atoms with Crippen LogP contribution >= 0.6 is 0 Å². The van der Waals surface area contributed by atoms with E-state index in [-0.39, 0.29) is 25.6 Å². The van der Waals surface area contributed by atoms with Crippen LogP contribution in [-0.4, -0.2) is 27.1 Å². The predicted molar refractivity (Wildman–Crippen MR) is 46.8 cm³/mol. The van der Waals surface area contributed by atoms with Crippen LogP contribution in [-0.2, 0) is 17.9 Å². The van der Waals surface area contributed by atoms with Gasteiger partial charge in [0.25, 0.3) is 0 Å². The number of nitriles is 1. The highest BCUT2D eigenvalue weighted by Crippen LogP contribution is 1.96. The number of nitrogens with zero attached hydrogens (tertiary/aromatic N) is 3. The molecule has 1 heterocycles. The number of aromatic nitrogens is 2. The van der Waals surface area contributed by atoms with Crippen molar-refractivity contribution in [1.82, 2.24) is 14.9 Å². The lowest BCUT2D eigenvalue weighted by atomic mass is 10.5. The third-order valence-corrected chi connectivity index (χ3v) is 1.62. The molecule has 0 unspecified atom stereocenters. The fraction of sp³-hybridized carbons (Fsp3) is 0.375. The largest absolute Gasteiger partial charge is 0.388 e. The van der Waals surface area contributed by atoms with E-state index in [0.717, 1.165) is 0 Å². The van der Waals surface area contributed by atoms with Crippen LogP contribution in [0.15, 0.2) is 12.4 Å². The first-order chi connectivity index (χ1) is 6.77. The van der Waals surface area contributed by atoms with Gasteiger partial charge in [-0.1, -0.05) is 0 Å². The standard InChI is InChI=1S/C8H10N4O2/c9-1-2-11-8(14)5-12-4-3-10-7(12)6-13/h3-4,13H,2,5-6H2,(H,11,14). The molecular formula is C8H10N4O2. The van der Waals surface area contributed by atoms with Crippen molar-refractivity contribution in [3.63, 3.8) is 0 Å². The number of carbonyl (C=O) groups excluding carboxylic acids is 1. The summed E-state index contributed by atoms with van der Waals surface area (Å²) >= 11 is 0. The second-order valence-corrected chi connectivity index (χ2v) is 2.56. The molecule has 0 aliphatic carbocycles. The van der Waals surface area contributed by atoms with Crippen LogP contribution in [0.1, 0.15) is 5.82 Å². The van der Waals surface area contributed by atoms with Crippen molar-refractivity contribution < 1.29 is 9.90 Å². The normalized spacial score (nSPS) is 9.43. The second-order valence-electron chi connectivity index (χ2n) is 2.56. The number of nitrogens with one attached hydrogen (secondary N) is 1. The van der Waals surface area contributed by atoms with Gasteiger partial charge in [0.2, 0.25) is 5.91 Å². The topological polar surface area (TPSA) is 90.9 Å². The van der Waals surface area contributed by atoms with Crippen LogP contribution in [0.5, 0.6) is 0 Å². The first-order valence-electron chi connectivity index (χ1n) is 4.02. The first kappa shape index (κ1) is 10.2. The van der Waals surface area contributed by atoms with E-state index in [4.69, 9.17) is 10.4 Å². The molecule has 1 aromatic heterocycles. The monoisotopic (exact) mass is 194 g/mol. The first-order valence-corrected chi connectivity index (χ1v) is 4.02. The zero-order chi connectivity index (χ0) is 10.4. The minimum Gasteiger partial charge on any atom is -0.388 e. The number of imidazole rings is 1. The molecule has 6 heteroatoms. The number of rotatable bonds is 4. The fourth-order valence-corrected chi connectivity index (χ4v) is 0.984. The molecule has 2 N–H and O–H groups in total. The van der Waals surface area contributed by atoms with Gasteiger partial charge in [-0.2, -0.15) is 5.26 Å². The summed E-state index contributed by atoms with van der Waals surface area (Å²) in [5.74, 6) is 0.149. The lowest BCUT2D eigenvalue weighted by molar-refractivity contribution is -0.121. The fourth-order valence-electron chi connectivity index (χ4n) is 0.984. The van der Waals surface area contributed by atoms with E-state index in [9.17, 15) is 4.79 Å². The van der Waals surface area contributed by atoms with Gasteiger partial charge in [-0.25, -0.2) is 4.98 Å². The average Bonchev–Trinajstić information content (AvgIpc) is 2.62.